The van der Waals surface area contributed by atoms with Crippen LogP contribution in [0.1, 0.15) is 37.8 Å². The van der Waals surface area contributed by atoms with E-state index in [1.54, 1.807) is 12.5 Å². The Kier molecular flexibility index (Phi) is 5.81. The first-order valence-corrected chi connectivity index (χ1v) is 7.55. The fourth-order valence-corrected chi connectivity index (χ4v) is 2.52. The summed E-state index contributed by atoms with van der Waals surface area (Å²) in [6.07, 6.45) is 7.87. The van der Waals surface area contributed by atoms with Crippen LogP contribution in [0.15, 0.2) is 43.0 Å². The van der Waals surface area contributed by atoms with Crippen molar-refractivity contribution in [2.75, 3.05) is 0 Å². The van der Waals surface area contributed by atoms with E-state index in [1.165, 1.54) is 0 Å². The molecule has 0 unspecified atom stereocenters. The average molecular weight is 306 g/mol. The maximum Gasteiger partial charge on any atom is 0.222 e. The van der Waals surface area contributed by atoms with Crippen molar-refractivity contribution in [1.29, 1.82) is 0 Å². The molecule has 1 N–H and O–H groups in total. The third kappa shape index (κ3) is 4.90. The number of nitrogens with one attached hydrogen (secondary N) is 1. The minimum atomic E-state index is 0.0436. The van der Waals surface area contributed by atoms with E-state index in [4.69, 9.17) is 11.6 Å². The van der Waals surface area contributed by atoms with Crippen molar-refractivity contribution in [2.45, 2.75) is 38.8 Å². The SMILES string of the molecule is CCC[C@H](CC(=O)NCc1cccc(Cl)c1)n1ccnc1. The number of carbonyl (C=O) groups excluding carboxylic acids is 1. The van der Waals surface area contributed by atoms with Gasteiger partial charge in [0.05, 0.1) is 6.33 Å². The number of hydrogen-bond acceptors (Lipinski definition) is 2. The van der Waals surface area contributed by atoms with Gasteiger partial charge in [0.25, 0.3) is 0 Å². The molecule has 1 aromatic heterocycles. The molecule has 21 heavy (non-hydrogen) atoms. The van der Waals surface area contributed by atoms with Gasteiger partial charge in [-0.1, -0.05) is 37.1 Å². The number of imidazole rings is 1. The zero-order valence-corrected chi connectivity index (χ0v) is 12.9. The van der Waals surface area contributed by atoms with Crippen LogP contribution in [0.5, 0.6) is 0 Å². The summed E-state index contributed by atoms with van der Waals surface area (Å²) in [5.41, 5.74) is 1.01. The van der Waals surface area contributed by atoms with Crippen LogP contribution < -0.4 is 5.32 Å². The van der Waals surface area contributed by atoms with Crippen LogP contribution >= 0.6 is 11.6 Å². The molecule has 1 aromatic carbocycles. The molecule has 0 fully saturated rings. The predicted molar refractivity (Wildman–Crippen MR) is 84.1 cm³/mol. The van der Waals surface area contributed by atoms with Gasteiger partial charge in [-0.05, 0) is 24.1 Å². The predicted octanol–water partition coefficient (Wildman–Crippen LogP) is 3.58. The molecule has 1 atom stereocenters. The molecule has 0 aliphatic rings. The van der Waals surface area contributed by atoms with E-state index in [9.17, 15) is 4.79 Å². The molecule has 1 heterocycles. The molecule has 0 radical (unpaired) electrons. The molecule has 0 bridgehead atoms. The van der Waals surface area contributed by atoms with E-state index < -0.39 is 0 Å². The second-order valence-electron chi connectivity index (χ2n) is 5.06. The monoisotopic (exact) mass is 305 g/mol. The zero-order chi connectivity index (χ0) is 15.1. The summed E-state index contributed by atoms with van der Waals surface area (Å²) < 4.78 is 2.00. The standard InChI is InChI=1S/C16H20ClN3O/c1-2-4-15(20-8-7-18-12-20)10-16(21)19-11-13-5-3-6-14(17)9-13/h3,5-9,12,15H,2,4,10-11H2,1H3,(H,19,21)/t15-/m1/s1. The fraction of sp³-hybridized carbons (Fsp3) is 0.375. The minimum Gasteiger partial charge on any atom is -0.352 e. The van der Waals surface area contributed by atoms with Gasteiger partial charge in [-0.2, -0.15) is 0 Å². The first-order valence-electron chi connectivity index (χ1n) is 7.17. The molecule has 112 valence electrons. The molecule has 2 rings (SSSR count). The normalized spacial score (nSPS) is 12.1. The summed E-state index contributed by atoms with van der Waals surface area (Å²) in [5, 5.41) is 3.63. The van der Waals surface area contributed by atoms with Gasteiger partial charge >= 0.3 is 0 Å². The van der Waals surface area contributed by atoms with Crippen LogP contribution in [0.2, 0.25) is 5.02 Å². The summed E-state index contributed by atoms with van der Waals surface area (Å²) in [5.74, 6) is 0.0436. The van der Waals surface area contributed by atoms with Crippen molar-refractivity contribution in [3.8, 4) is 0 Å². The Labute approximate surface area is 130 Å². The van der Waals surface area contributed by atoms with E-state index in [0.29, 0.717) is 18.0 Å². The van der Waals surface area contributed by atoms with Crippen LogP contribution in [-0.4, -0.2) is 15.5 Å². The lowest BCUT2D eigenvalue weighted by Gasteiger charge is -2.17. The number of halogens is 1. The van der Waals surface area contributed by atoms with Gasteiger partial charge in [-0.3, -0.25) is 4.79 Å². The molecule has 5 heteroatoms. The lowest BCUT2D eigenvalue weighted by molar-refractivity contribution is -0.122. The maximum absolute atomic E-state index is 12.1. The van der Waals surface area contributed by atoms with Crippen molar-refractivity contribution in [2.24, 2.45) is 0 Å². The second kappa shape index (κ2) is 7.84. The van der Waals surface area contributed by atoms with Gasteiger partial charge < -0.3 is 9.88 Å². The average Bonchev–Trinajstić information content (AvgIpc) is 2.99. The van der Waals surface area contributed by atoms with Crippen LogP contribution in [0.3, 0.4) is 0 Å². The highest BCUT2D eigenvalue weighted by atomic mass is 35.5. The van der Waals surface area contributed by atoms with Crippen LogP contribution in [0, 0.1) is 0 Å². The number of aromatic nitrogens is 2. The second-order valence-corrected chi connectivity index (χ2v) is 5.50. The Bertz CT molecular complexity index is 569. The van der Waals surface area contributed by atoms with Crippen LogP contribution in [0.25, 0.3) is 0 Å². The third-order valence-electron chi connectivity index (χ3n) is 3.37. The first-order chi connectivity index (χ1) is 10.2. The van der Waals surface area contributed by atoms with Gasteiger partial charge in [0, 0.05) is 36.4 Å². The number of benzene rings is 1. The lowest BCUT2D eigenvalue weighted by Crippen LogP contribution is -2.26. The van der Waals surface area contributed by atoms with E-state index in [1.807, 2.05) is 35.0 Å². The summed E-state index contributed by atoms with van der Waals surface area (Å²) in [7, 11) is 0. The Morgan fingerprint density at radius 1 is 1.48 bits per heavy atom. The minimum absolute atomic E-state index is 0.0436. The van der Waals surface area contributed by atoms with Gasteiger partial charge in [0.1, 0.15) is 0 Å². The largest absolute Gasteiger partial charge is 0.352 e. The molecule has 4 nitrogen and oxygen atoms in total. The summed E-state index contributed by atoms with van der Waals surface area (Å²) in [6, 6.07) is 7.68. The number of nitrogens with zero attached hydrogens (tertiary/aromatic N) is 2. The van der Waals surface area contributed by atoms with E-state index in [0.717, 1.165) is 18.4 Å². The molecule has 0 aliphatic heterocycles. The van der Waals surface area contributed by atoms with Crippen molar-refractivity contribution in [3.63, 3.8) is 0 Å². The molecular weight excluding hydrogens is 286 g/mol. The summed E-state index contributed by atoms with van der Waals surface area (Å²) in [6.45, 7) is 2.62. The topological polar surface area (TPSA) is 46.9 Å². The summed E-state index contributed by atoms with van der Waals surface area (Å²) >= 11 is 5.93. The van der Waals surface area contributed by atoms with Crippen molar-refractivity contribution in [1.82, 2.24) is 14.9 Å². The van der Waals surface area contributed by atoms with Crippen LogP contribution in [0.4, 0.5) is 0 Å². The molecule has 2 aromatic rings. The molecule has 0 saturated heterocycles. The van der Waals surface area contributed by atoms with Gasteiger partial charge in [0.2, 0.25) is 5.91 Å². The number of rotatable bonds is 7. The van der Waals surface area contributed by atoms with E-state index in [-0.39, 0.29) is 11.9 Å². The van der Waals surface area contributed by atoms with Crippen molar-refractivity contribution < 1.29 is 4.79 Å². The molecule has 0 saturated carbocycles. The first kappa shape index (κ1) is 15.6. The molecule has 0 spiro atoms. The number of amides is 1. The van der Waals surface area contributed by atoms with Gasteiger partial charge in [0.15, 0.2) is 0 Å². The Morgan fingerprint density at radius 2 is 2.33 bits per heavy atom. The lowest BCUT2D eigenvalue weighted by atomic mass is 10.1. The van der Waals surface area contributed by atoms with Gasteiger partial charge in [-0.15, -0.1) is 0 Å². The quantitative estimate of drug-likeness (QED) is 0.850. The number of carbonyl (C=O) groups is 1. The van der Waals surface area contributed by atoms with E-state index in [2.05, 4.69) is 17.2 Å². The highest BCUT2D eigenvalue weighted by Crippen LogP contribution is 2.17. The Morgan fingerprint density at radius 3 is 3.00 bits per heavy atom. The number of hydrogen-bond donors (Lipinski definition) is 1. The summed E-state index contributed by atoms with van der Waals surface area (Å²) in [4.78, 5) is 16.2. The molecular formula is C16H20ClN3O. The van der Waals surface area contributed by atoms with Crippen molar-refractivity contribution >= 4 is 17.5 Å². The molecule has 0 aliphatic carbocycles. The smallest absolute Gasteiger partial charge is 0.222 e. The Balaban J connectivity index is 1.88. The third-order valence-corrected chi connectivity index (χ3v) is 3.60. The van der Waals surface area contributed by atoms with E-state index >= 15 is 0 Å². The highest BCUT2D eigenvalue weighted by Gasteiger charge is 2.14. The fourth-order valence-electron chi connectivity index (χ4n) is 2.31. The maximum atomic E-state index is 12.1. The van der Waals surface area contributed by atoms with Crippen molar-refractivity contribution in [3.05, 3.63) is 53.6 Å². The Hall–Kier alpha value is -1.81. The highest BCUT2D eigenvalue weighted by molar-refractivity contribution is 6.30. The molecule has 1 amide bonds. The van der Waals surface area contributed by atoms with Crippen LogP contribution in [-0.2, 0) is 11.3 Å². The zero-order valence-electron chi connectivity index (χ0n) is 12.1. The van der Waals surface area contributed by atoms with Gasteiger partial charge in [-0.25, -0.2) is 4.98 Å².